The Kier molecular flexibility index (Phi) is 6.34. The highest BCUT2D eigenvalue weighted by molar-refractivity contribution is 9.10. The van der Waals surface area contributed by atoms with E-state index in [1.54, 1.807) is 47.4 Å². The molecular weight excluding hydrogens is 476 g/mol. The van der Waals surface area contributed by atoms with Gasteiger partial charge in [-0.2, -0.15) is 0 Å². The molecule has 0 atom stereocenters. The van der Waals surface area contributed by atoms with E-state index in [1.165, 1.54) is 0 Å². The number of halogens is 1. The monoisotopic (exact) mass is 496 g/mol. The molecule has 0 radical (unpaired) electrons. The lowest BCUT2D eigenvalue weighted by atomic mass is 10.0. The molecule has 2 aromatic carbocycles. The fourth-order valence-corrected chi connectivity index (χ4v) is 4.92. The number of aryl methyl sites for hydroxylation is 1. The van der Waals surface area contributed by atoms with Gasteiger partial charge in [0, 0.05) is 14.9 Å². The number of aromatic nitrogens is 2. The van der Waals surface area contributed by atoms with Crippen molar-refractivity contribution in [2.45, 2.75) is 26.8 Å². The van der Waals surface area contributed by atoms with Gasteiger partial charge in [0.2, 0.25) is 0 Å². The number of carbonyl (C=O) groups is 1. The Bertz CT molecular complexity index is 1310. The third-order valence-corrected chi connectivity index (χ3v) is 6.77. The molecule has 158 valence electrons. The lowest BCUT2D eigenvalue weighted by molar-refractivity contribution is 0.0526. The van der Waals surface area contributed by atoms with Crippen LogP contribution in [0.3, 0.4) is 0 Å². The number of esters is 1. The van der Waals surface area contributed by atoms with Crippen molar-refractivity contribution >= 4 is 43.5 Å². The van der Waals surface area contributed by atoms with Crippen LogP contribution in [0.2, 0.25) is 0 Å². The maximum atomic E-state index is 13.5. The first-order valence-corrected chi connectivity index (χ1v) is 11.7. The van der Waals surface area contributed by atoms with E-state index in [4.69, 9.17) is 4.74 Å². The maximum absolute atomic E-state index is 13.5. The maximum Gasteiger partial charge on any atom is 0.338 e. The van der Waals surface area contributed by atoms with Crippen molar-refractivity contribution in [3.8, 4) is 11.1 Å². The van der Waals surface area contributed by atoms with Gasteiger partial charge in [0.25, 0.3) is 5.56 Å². The summed E-state index contributed by atoms with van der Waals surface area (Å²) < 4.78 is 7.67. The summed E-state index contributed by atoms with van der Waals surface area (Å²) in [4.78, 5) is 32.0. The summed E-state index contributed by atoms with van der Waals surface area (Å²) in [6, 6.07) is 15.2. The predicted molar refractivity (Wildman–Crippen MR) is 128 cm³/mol. The van der Waals surface area contributed by atoms with Gasteiger partial charge in [-0.05, 0) is 48.7 Å². The Labute approximate surface area is 192 Å². The minimum Gasteiger partial charge on any atom is -0.462 e. The fourth-order valence-electron chi connectivity index (χ4n) is 3.56. The topological polar surface area (TPSA) is 61.2 Å². The zero-order valence-corrected chi connectivity index (χ0v) is 19.6. The standard InChI is InChI=1S/C24H21BrN2O3S/c1-3-19-20(16-8-10-18(25)11-9-16)21-22(31-19)26-14-27(23(21)28)13-15-6-5-7-17(12-15)24(29)30-4-2/h5-12,14H,3-4,13H2,1-2H3. The molecule has 31 heavy (non-hydrogen) atoms. The number of rotatable bonds is 6. The van der Waals surface area contributed by atoms with Gasteiger partial charge in [-0.15, -0.1) is 11.3 Å². The van der Waals surface area contributed by atoms with Crippen LogP contribution in [0, 0.1) is 0 Å². The minimum absolute atomic E-state index is 0.0830. The Morgan fingerprint density at radius 3 is 2.65 bits per heavy atom. The summed E-state index contributed by atoms with van der Waals surface area (Å²) in [5, 5.41) is 0.646. The molecule has 0 unspecified atom stereocenters. The van der Waals surface area contributed by atoms with Crippen LogP contribution in [0.1, 0.15) is 34.6 Å². The van der Waals surface area contributed by atoms with Crippen LogP contribution in [0.15, 0.2) is 64.1 Å². The molecule has 4 rings (SSSR count). The molecular formula is C24H21BrN2O3S. The van der Waals surface area contributed by atoms with Gasteiger partial charge in [-0.25, -0.2) is 9.78 Å². The molecule has 0 spiro atoms. The van der Waals surface area contributed by atoms with E-state index in [0.29, 0.717) is 24.1 Å². The molecule has 0 saturated carbocycles. The second-order valence-electron chi connectivity index (χ2n) is 7.04. The number of thiophene rings is 1. The van der Waals surface area contributed by atoms with Crippen molar-refractivity contribution in [3.63, 3.8) is 0 Å². The van der Waals surface area contributed by atoms with E-state index in [2.05, 4.69) is 27.8 Å². The summed E-state index contributed by atoms with van der Waals surface area (Å²) >= 11 is 5.04. The predicted octanol–water partition coefficient (Wildman–Crippen LogP) is 5.67. The van der Waals surface area contributed by atoms with Crippen molar-refractivity contribution in [1.82, 2.24) is 9.55 Å². The third-order valence-electron chi connectivity index (χ3n) is 5.00. The van der Waals surface area contributed by atoms with Gasteiger partial charge in [0.1, 0.15) is 4.83 Å². The first kappa shape index (κ1) is 21.5. The number of hydrogen-bond donors (Lipinski definition) is 0. The SMILES string of the molecule is CCOC(=O)c1cccc(Cn2cnc3sc(CC)c(-c4ccc(Br)cc4)c3c2=O)c1. The van der Waals surface area contributed by atoms with Gasteiger partial charge in [-0.1, -0.05) is 47.1 Å². The minimum atomic E-state index is -0.367. The summed E-state index contributed by atoms with van der Waals surface area (Å²) in [6.07, 6.45) is 2.41. The van der Waals surface area contributed by atoms with Crippen LogP contribution >= 0.6 is 27.3 Å². The first-order chi connectivity index (χ1) is 15.0. The molecule has 2 heterocycles. The van der Waals surface area contributed by atoms with E-state index in [-0.39, 0.29) is 11.5 Å². The van der Waals surface area contributed by atoms with Crippen molar-refractivity contribution in [1.29, 1.82) is 0 Å². The van der Waals surface area contributed by atoms with E-state index < -0.39 is 0 Å². The van der Waals surface area contributed by atoms with Crippen molar-refractivity contribution < 1.29 is 9.53 Å². The molecule has 0 N–H and O–H groups in total. The summed E-state index contributed by atoms with van der Waals surface area (Å²) in [6.45, 7) is 4.51. The smallest absolute Gasteiger partial charge is 0.338 e. The van der Waals surface area contributed by atoms with Gasteiger partial charge in [0.15, 0.2) is 0 Å². The highest BCUT2D eigenvalue weighted by atomic mass is 79.9. The normalized spacial score (nSPS) is 11.1. The zero-order valence-electron chi connectivity index (χ0n) is 17.2. The van der Waals surface area contributed by atoms with E-state index in [9.17, 15) is 9.59 Å². The van der Waals surface area contributed by atoms with Crippen LogP contribution in [-0.2, 0) is 17.7 Å². The first-order valence-electron chi connectivity index (χ1n) is 10.0. The molecule has 0 bridgehead atoms. The summed E-state index contributed by atoms with van der Waals surface area (Å²) in [5.41, 5.74) is 3.19. The van der Waals surface area contributed by atoms with Crippen molar-refractivity contribution in [2.24, 2.45) is 0 Å². The average molecular weight is 497 g/mol. The lowest BCUT2D eigenvalue weighted by Gasteiger charge is -2.09. The average Bonchev–Trinajstić information content (AvgIpc) is 3.16. The van der Waals surface area contributed by atoms with E-state index in [0.717, 1.165) is 37.3 Å². The van der Waals surface area contributed by atoms with Gasteiger partial charge in [-0.3, -0.25) is 9.36 Å². The van der Waals surface area contributed by atoms with Gasteiger partial charge >= 0.3 is 5.97 Å². The van der Waals surface area contributed by atoms with E-state index >= 15 is 0 Å². The number of ether oxygens (including phenoxy) is 1. The van der Waals surface area contributed by atoms with Crippen LogP contribution in [0.4, 0.5) is 0 Å². The van der Waals surface area contributed by atoms with Crippen molar-refractivity contribution in [2.75, 3.05) is 6.61 Å². The number of benzene rings is 2. The summed E-state index contributed by atoms with van der Waals surface area (Å²) in [7, 11) is 0. The van der Waals surface area contributed by atoms with Gasteiger partial charge in [0.05, 0.1) is 30.4 Å². The highest BCUT2D eigenvalue weighted by Gasteiger charge is 2.18. The Morgan fingerprint density at radius 2 is 1.94 bits per heavy atom. The molecule has 0 saturated heterocycles. The second kappa shape index (κ2) is 9.16. The zero-order chi connectivity index (χ0) is 22.0. The van der Waals surface area contributed by atoms with Crippen LogP contribution in [0.5, 0.6) is 0 Å². The van der Waals surface area contributed by atoms with Crippen molar-refractivity contribution in [3.05, 3.63) is 85.7 Å². The number of fused-ring (bicyclic) bond motifs is 1. The second-order valence-corrected chi connectivity index (χ2v) is 9.04. The largest absolute Gasteiger partial charge is 0.462 e. The van der Waals surface area contributed by atoms with Gasteiger partial charge < -0.3 is 4.74 Å². The molecule has 0 aliphatic carbocycles. The number of carbonyl (C=O) groups excluding carboxylic acids is 1. The molecule has 0 aliphatic heterocycles. The molecule has 2 aromatic heterocycles. The molecule has 0 fully saturated rings. The Morgan fingerprint density at radius 1 is 1.16 bits per heavy atom. The summed E-state index contributed by atoms with van der Waals surface area (Å²) in [5.74, 6) is -0.367. The number of nitrogens with zero attached hydrogens (tertiary/aromatic N) is 2. The molecule has 0 amide bonds. The Hall–Kier alpha value is -2.77. The quantitative estimate of drug-likeness (QED) is 0.322. The molecule has 5 nitrogen and oxygen atoms in total. The van der Waals surface area contributed by atoms with Crippen LogP contribution in [0.25, 0.3) is 21.3 Å². The Balaban J connectivity index is 1.79. The molecule has 7 heteroatoms. The fraction of sp³-hybridized carbons (Fsp3) is 0.208. The van der Waals surface area contributed by atoms with Crippen LogP contribution in [-0.4, -0.2) is 22.1 Å². The highest BCUT2D eigenvalue weighted by Crippen LogP contribution is 2.36. The van der Waals surface area contributed by atoms with Crippen LogP contribution < -0.4 is 5.56 Å². The molecule has 4 aromatic rings. The number of hydrogen-bond acceptors (Lipinski definition) is 5. The third kappa shape index (κ3) is 4.34. The molecule has 0 aliphatic rings. The lowest BCUT2D eigenvalue weighted by Crippen LogP contribution is -2.21. The van der Waals surface area contributed by atoms with E-state index in [1.807, 2.05) is 30.3 Å².